The Kier molecular flexibility index (Phi) is 1.46. The number of fused-ring (bicyclic) bond motifs is 1. The summed E-state index contributed by atoms with van der Waals surface area (Å²) in [4.78, 5) is 0. The lowest BCUT2D eigenvalue weighted by molar-refractivity contribution is 0.193. The maximum absolute atomic E-state index is 3.46. The van der Waals surface area contributed by atoms with Crippen molar-refractivity contribution in [2.75, 3.05) is 26.2 Å². The summed E-state index contributed by atoms with van der Waals surface area (Å²) >= 11 is 0. The number of rotatable bonds is 0. The molecular formula is C8H16N2. The summed E-state index contributed by atoms with van der Waals surface area (Å²) in [6, 6.07) is 0. The molecule has 10 heavy (non-hydrogen) atoms. The minimum absolute atomic E-state index is 0.568. The van der Waals surface area contributed by atoms with E-state index in [2.05, 4.69) is 17.6 Å². The molecule has 2 heteroatoms. The molecular weight excluding hydrogens is 124 g/mol. The monoisotopic (exact) mass is 140 g/mol. The van der Waals surface area contributed by atoms with Crippen LogP contribution in [0, 0.1) is 11.3 Å². The van der Waals surface area contributed by atoms with Crippen LogP contribution in [0.25, 0.3) is 0 Å². The van der Waals surface area contributed by atoms with Crippen LogP contribution in [0.1, 0.15) is 13.3 Å². The van der Waals surface area contributed by atoms with Gasteiger partial charge in [0.25, 0.3) is 0 Å². The van der Waals surface area contributed by atoms with E-state index >= 15 is 0 Å². The highest BCUT2D eigenvalue weighted by molar-refractivity contribution is 4.95. The van der Waals surface area contributed by atoms with Crippen molar-refractivity contribution >= 4 is 0 Å². The van der Waals surface area contributed by atoms with Crippen molar-refractivity contribution in [3.63, 3.8) is 0 Å². The Balaban J connectivity index is 2.10. The number of nitrogens with one attached hydrogen (secondary N) is 2. The van der Waals surface area contributed by atoms with E-state index in [1.807, 2.05) is 0 Å². The van der Waals surface area contributed by atoms with Crippen molar-refractivity contribution < 1.29 is 0 Å². The first-order valence-electron chi connectivity index (χ1n) is 4.23. The van der Waals surface area contributed by atoms with Gasteiger partial charge in [0.1, 0.15) is 0 Å². The molecule has 2 saturated heterocycles. The third-order valence-electron chi connectivity index (χ3n) is 3.10. The van der Waals surface area contributed by atoms with Gasteiger partial charge in [-0.2, -0.15) is 0 Å². The van der Waals surface area contributed by atoms with Gasteiger partial charge in [-0.25, -0.2) is 0 Å². The fourth-order valence-corrected chi connectivity index (χ4v) is 2.23. The van der Waals surface area contributed by atoms with Crippen molar-refractivity contribution in [1.82, 2.24) is 10.6 Å². The van der Waals surface area contributed by atoms with Crippen LogP contribution in [0.4, 0.5) is 0 Å². The topological polar surface area (TPSA) is 24.1 Å². The molecule has 58 valence electrons. The first-order valence-corrected chi connectivity index (χ1v) is 4.23. The Bertz CT molecular complexity index is 135. The van der Waals surface area contributed by atoms with Crippen LogP contribution in [0.3, 0.4) is 0 Å². The van der Waals surface area contributed by atoms with Gasteiger partial charge in [-0.05, 0) is 30.8 Å². The molecule has 0 aromatic rings. The average molecular weight is 140 g/mol. The molecule has 0 unspecified atom stereocenters. The van der Waals surface area contributed by atoms with Gasteiger partial charge in [-0.3, -0.25) is 0 Å². The van der Waals surface area contributed by atoms with Crippen LogP contribution in [-0.4, -0.2) is 26.2 Å². The number of hydrogen-bond donors (Lipinski definition) is 2. The minimum Gasteiger partial charge on any atom is -0.316 e. The lowest BCUT2D eigenvalue weighted by Crippen LogP contribution is -2.44. The molecule has 0 spiro atoms. The fraction of sp³-hybridized carbons (Fsp3) is 1.00. The van der Waals surface area contributed by atoms with Crippen molar-refractivity contribution in [3.05, 3.63) is 0 Å². The molecule has 0 saturated carbocycles. The number of piperidine rings is 1. The maximum atomic E-state index is 3.46. The van der Waals surface area contributed by atoms with Crippen LogP contribution >= 0.6 is 0 Å². The van der Waals surface area contributed by atoms with E-state index in [-0.39, 0.29) is 0 Å². The second-order valence-corrected chi connectivity index (χ2v) is 3.95. The summed E-state index contributed by atoms with van der Waals surface area (Å²) in [7, 11) is 0. The van der Waals surface area contributed by atoms with Gasteiger partial charge < -0.3 is 10.6 Å². The zero-order chi connectivity index (χ0) is 7.03. The van der Waals surface area contributed by atoms with Gasteiger partial charge in [0.05, 0.1) is 0 Å². The fourth-order valence-electron chi connectivity index (χ4n) is 2.23. The molecule has 2 aliphatic heterocycles. The summed E-state index contributed by atoms with van der Waals surface area (Å²) in [6.45, 7) is 7.29. The zero-order valence-electron chi connectivity index (χ0n) is 6.61. The molecule has 2 N–H and O–H groups in total. The van der Waals surface area contributed by atoms with Crippen molar-refractivity contribution in [3.8, 4) is 0 Å². The second-order valence-electron chi connectivity index (χ2n) is 3.95. The predicted molar refractivity (Wildman–Crippen MR) is 42.0 cm³/mol. The van der Waals surface area contributed by atoms with Gasteiger partial charge in [0.15, 0.2) is 0 Å². The molecule has 0 bridgehead atoms. The van der Waals surface area contributed by atoms with Crippen molar-refractivity contribution in [2.24, 2.45) is 11.3 Å². The highest BCUT2D eigenvalue weighted by atomic mass is 15.0. The summed E-state index contributed by atoms with van der Waals surface area (Å²) in [5.41, 5.74) is 0.568. The Morgan fingerprint density at radius 1 is 1.30 bits per heavy atom. The number of hydrogen-bond acceptors (Lipinski definition) is 2. The quantitative estimate of drug-likeness (QED) is 0.502. The molecule has 0 amide bonds. The Morgan fingerprint density at radius 3 is 2.90 bits per heavy atom. The van der Waals surface area contributed by atoms with Crippen LogP contribution in [-0.2, 0) is 0 Å². The normalized spacial score (nSPS) is 47.1. The van der Waals surface area contributed by atoms with Crippen LogP contribution in [0.15, 0.2) is 0 Å². The standard InChI is InChI=1S/C8H16N2/c1-8-5-9-3-2-7(8)4-10-6-8/h7,9-10H,2-6H2,1H3/t7-,8+/m1/s1. The molecule has 2 nitrogen and oxygen atoms in total. The highest BCUT2D eigenvalue weighted by Gasteiger charge is 2.39. The van der Waals surface area contributed by atoms with Gasteiger partial charge in [-0.15, -0.1) is 0 Å². The first kappa shape index (κ1) is 6.62. The first-order chi connectivity index (χ1) is 4.81. The van der Waals surface area contributed by atoms with E-state index in [1.54, 1.807) is 0 Å². The Labute approximate surface area is 62.4 Å². The van der Waals surface area contributed by atoms with Crippen molar-refractivity contribution in [2.45, 2.75) is 13.3 Å². The smallest absolute Gasteiger partial charge is 0.00206 e. The zero-order valence-corrected chi connectivity index (χ0v) is 6.61. The molecule has 2 aliphatic rings. The highest BCUT2D eigenvalue weighted by Crippen LogP contribution is 2.34. The average Bonchev–Trinajstić information content (AvgIpc) is 2.29. The molecule has 2 fully saturated rings. The van der Waals surface area contributed by atoms with E-state index in [4.69, 9.17) is 0 Å². The second kappa shape index (κ2) is 2.21. The summed E-state index contributed by atoms with van der Waals surface area (Å²) in [5, 5.41) is 6.92. The Morgan fingerprint density at radius 2 is 2.10 bits per heavy atom. The third kappa shape index (κ3) is 0.867. The molecule has 2 rings (SSSR count). The maximum Gasteiger partial charge on any atom is 0.00206 e. The van der Waals surface area contributed by atoms with Gasteiger partial charge in [0, 0.05) is 13.1 Å². The minimum atomic E-state index is 0.568. The van der Waals surface area contributed by atoms with Gasteiger partial charge >= 0.3 is 0 Å². The van der Waals surface area contributed by atoms with E-state index < -0.39 is 0 Å². The van der Waals surface area contributed by atoms with E-state index in [0.717, 1.165) is 5.92 Å². The van der Waals surface area contributed by atoms with E-state index in [0.29, 0.717) is 5.41 Å². The van der Waals surface area contributed by atoms with Crippen LogP contribution < -0.4 is 10.6 Å². The molecule has 0 aliphatic carbocycles. The molecule has 0 aromatic heterocycles. The van der Waals surface area contributed by atoms with Crippen molar-refractivity contribution in [1.29, 1.82) is 0 Å². The summed E-state index contributed by atoms with van der Waals surface area (Å²) in [5.74, 6) is 0.939. The molecule has 2 atom stereocenters. The van der Waals surface area contributed by atoms with E-state index in [9.17, 15) is 0 Å². The third-order valence-corrected chi connectivity index (χ3v) is 3.10. The van der Waals surface area contributed by atoms with Crippen LogP contribution in [0.5, 0.6) is 0 Å². The molecule has 0 radical (unpaired) electrons. The SMILES string of the molecule is C[C@@]12CNCC[C@@H]1CNC2. The molecule has 2 heterocycles. The van der Waals surface area contributed by atoms with Gasteiger partial charge in [-0.1, -0.05) is 6.92 Å². The predicted octanol–water partition coefficient (Wildman–Crippen LogP) is 0.205. The lowest BCUT2D eigenvalue weighted by Gasteiger charge is -2.35. The summed E-state index contributed by atoms with van der Waals surface area (Å²) < 4.78 is 0. The van der Waals surface area contributed by atoms with E-state index in [1.165, 1.54) is 32.6 Å². The van der Waals surface area contributed by atoms with Gasteiger partial charge in [0.2, 0.25) is 0 Å². The summed E-state index contributed by atoms with van der Waals surface area (Å²) in [6.07, 6.45) is 1.36. The molecule has 0 aromatic carbocycles. The largest absolute Gasteiger partial charge is 0.316 e. The lowest BCUT2D eigenvalue weighted by atomic mass is 9.76. The Hall–Kier alpha value is -0.0800. The van der Waals surface area contributed by atoms with Crippen LogP contribution in [0.2, 0.25) is 0 Å².